The van der Waals surface area contributed by atoms with Crippen LogP contribution in [0.3, 0.4) is 0 Å². The molecule has 0 aromatic carbocycles. The van der Waals surface area contributed by atoms with Gasteiger partial charge in [-0.3, -0.25) is 0 Å². The number of carbonyl (C=O) groups excluding carboxylic acids is 1. The van der Waals surface area contributed by atoms with Crippen molar-refractivity contribution < 1.29 is 9.53 Å². The Bertz CT molecular complexity index is 236. The standard InChI is InChI=1S/C10H18N2O2/c1-2-14-9(13)12-6-10(7-12)4-3-8(11)5-10/h8H,2-7,11H2,1H3. The van der Waals surface area contributed by atoms with Gasteiger partial charge < -0.3 is 15.4 Å². The van der Waals surface area contributed by atoms with Crippen LogP contribution in [0.4, 0.5) is 4.79 Å². The fourth-order valence-electron chi connectivity index (χ4n) is 2.65. The molecule has 2 rings (SSSR count). The maximum absolute atomic E-state index is 11.3. The molecule has 1 spiro atoms. The first kappa shape index (κ1) is 9.77. The van der Waals surface area contributed by atoms with Crippen molar-refractivity contribution in [2.75, 3.05) is 19.7 Å². The lowest BCUT2D eigenvalue weighted by atomic mass is 9.78. The van der Waals surface area contributed by atoms with Crippen molar-refractivity contribution in [2.45, 2.75) is 32.2 Å². The molecule has 0 bridgehead atoms. The van der Waals surface area contributed by atoms with Gasteiger partial charge in [-0.2, -0.15) is 0 Å². The van der Waals surface area contributed by atoms with E-state index in [1.807, 2.05) is 6.92 Å². The van der Waals surface area contributed by atoms with Gasteiger partial charge in [0.2, 0.25) is 0 Å². The smallest absolute Gasteiger partial charge is 0.409 e. The first-order valence-electron chi connectivity index (χ1n) is 5.32. The summed E-state index contributed by atoms with van der Waals surface area (Å²) in [6.07, 6.45) is 3.18. The maximum Gasteiger partial charge on any atom is 0.409 e. The Balaban J connectivity index is 1.81. The van der Waals surface area contributed by atoms with Crippen molar-refractivity contribution >= 4 is 6.09 Å². The van der Waals surface area contributed by atoms with E-state index >= 15 is 0 Å². The highest BCUT2D eigenvalue weighted by molar-refractivity contribution is 5.69. The Kier molecular flexibility index (Phi) is 2.39. The van der Waals surface area contributed by atoms with E-state index in [9.17, 15) is 4.79 Å². The third kappa shape index (κ3) is 1.59. The zero-order valence-electron chi connectivity index (χ0n) is 8.66. The van der Waals surface area contributed by atoms with E-state index in [-0.39, 0.29) is 6.09 Å². The molecular formula is C10H18N2O2. The van der Waals surface area contributed by atoms with E-state index in [2.05, 4.69) is 0 Å². The number of carbonyl (C=O) groups is 1. The van der Waals surface area contributed by atoms with Crippen LogP contribution in [0.5, 0.6) is 0 Å². The molecule has 2 fully saturated rings. The van der Waals surface area contributed by atoms with Gasteiger partial charge in [-0.15, -0.1) is 0 Å². The molecule has 1 amide bonds. The van der Waals surface area contributed by atoms with Crippen LogP contribution in [0.2, 0.25) is 0 Å². The molecular weight excluding hydrogens is 180 g/mol. The lowest BCUT2D eigenvalue weighted by molar-refractivity contribution is 0.00125. The van der Waals surface area contributed by atoms with Crippen LogP contribution in [0.25, 0.3) is 0 Å². The summed E-state index contributed by atoms with van der Waals surface area (Å²) in [4.78, 5) is 13.1. The van der Waals surface area contributed by atoms with E-state index in [0.29, 0.717) is 18.1 Å². The summed E-state index contributed by atoms with van der Waals surface area (Å²) in [5, 5.41) is 0. The first-order chi connectivity index (χ1) is 6.65. The van der Waals surface area contributed by atoms with Gasteiger partial charge in [0.1, 0.15) is 0 Å². The second-order valence-electron chi connectivity index (χ2n) is 4.56. The van der Waals surface area contributed by atoms with Gasteiger partial charge in [0.05, 0.1) is 6.61 Å². The van der Waals surface area contributed by atoms with Gasteiger partial charge in [-0.05, 0) is 26.2 Å². The molecule has 0 radical (unpaired) electrons. The molecule has 80 valence electrons. The average Bonchev–Trinajstić information content (AvgIpc) is 2.45. The number of nitrogens with zero attached hydrogens (tertiary/aromatic N) is 1. The second-order valence-corrected chi connectivity index (χ2v) is 4.56. The molecule has 1 unspecified atom stereocenters. The van der Waals surface area contributed by atoms with Gasteiger partial charge in [0.25, 0.3) is 0 Å². The van der Waals surface area contributed by atoms with Crippen LogP contribution >= 0.6 is 0 Å². The highest BCUT2D eigenvalue weighted by Crippen LogP contribution is 2.44. The van der Waals surface area contributed by atoms with Crippen LogP contribution in [-0.2, 0) is 4.74 Å². The summed E-state index contributed by atoms with van der Waals surface area (Å²) in [5.41, 5.74) is 6.20. The predicted molar refractivity (Wildman–Crippen MR) is 52.9 cm³/mol. The quantitative estimate of drug-likeness (QED) is 0.682. The normalized spacial score (nSPS) is 29.0. The highest BCUT2D eigenvalue weighted by atomic mass is 16.6. The van der Waals surface area contributed by atoms with E-state index in [4.69, 9.17) is 10.5 Å². The average molecular weight is 198 g/mol. The zero-order chi connectivity index (χ0) is 10.2. The Morgan fingerprint density at radius 2 is 2.36 bits per heavy atom. The number of ether oxygens (including phenoxy) is 1. The van der Waals surface area contributed by atoms with Crippen molar-refractivity contribution in [3.8, 4) is 0 Å². The molecule has 1 saturated heterocycles. The third-order valence-corrected chi connectivity index (χ3v) is 3.32. The predicted octanol–water partition coefficient (Wildman–Crippen LogP) is 0.956. The number of likely N-dealkylation sites (tertiary alicyclic amines) is 1. The summed E-state index contributed by atoms with van der Waals surface area (Å²) in [6.45, 7) is 3.99. The van der Waals surface area contributed by atoms with Crippen molar-refractivity contribution in [3.05, 3.63) is 0 Å². The Morgan fingerprint density at radius 1 is 1.64 bits per heavy atom. The van der Waals surface area contributed by atoms with Gasteiger partial charge in [0, 0.05) is 24.5 Å². The van der Waals surface area contributed by atoms with Crippen molar-refractivity contribution in [1.29, 1.82) is 0 Å². The van der Waals surface area contributed by atoms with Crippen LogP contribution in [-0.4, -0.2) is 36.7 Å². The van der Waals surface area contributed by atoms with Crippen molar-refractivity contribution in [3.63, 3.8) is 0 Å². The summed E-state index contributed by atoms with van der Waals surface area (Å²) in [6, 6.07) is 0.347. The largest absolute Gasteiger partial charge is 0.450 e. The number of amides is 1. The van der Waals surface area contributed by atoms with Gasteiger partial charge in [-0.25, -0.2) is 4.79 Å². The van der Waals surface area contributed by atoms with Crippen LogP contribution in [0.1, 0.15) is 26.2 Å². The molecule has 1 heterocycles. The Labute approximate surface area is 84.4 Å². The number of hydrogen-bond donors (Lipinski definition) is 1. The van der Waals surface area contributed by atoms with Gasteiger partial charge in [0.15, 0.2) is 0 Å². The van der Waals surface area contributed by atoms with E-state index < -0.39 is 0 Å². The highest BCUT2D eigenvalue weighted by Gasteiger charge is 2.49. The Morgan fingerprint density at radius 3 is 2.86 bits per heavy atom. The minimum Gasteiger partial charge on any atom is -0.450 e. The van der Waals surface area contributed by atoms with Crippen molar-refractivity contribution in [2.24, 2.45) is 11.1 Å². The van der Waals surface area contributed by atoms with Crippen LogP contribution < -0.4 is 5.73 Å². The number of rotatable bonds is 1. The zero-order valence-corrected chi connectivity index (χ0v) is 8.66. The molecule has 14 heavy (non-hydrogen) atoms. The fourth-order valence-corrected chi connectivity index (χ4v) is 2.65. The molecule has 0 aromatic heterocycles. The molecule has 2 aliphatic rings. The minimum absolute atomic E-state index is 0.168. The minimum atomic E-state index is -0.168. The van der Waals surface area contributed by atoms with E-state index in [1.165, 1.54) is 6.42 Å². The molecule has 1 aliphatic carbocycles. The van der Waals surface area contributed by atoms with E-state index in [0.717, 1.165) is 25.9 Å². The third-order valence-electron chi connectivity index (χ3n) is 3.32. The van der Waals surface area contributed by atoms with Crippen LogP contribution in [0, 0.1) is 5.41 Å². The maximum atomic E-state index is 11.3. The summed E-state index contributed by atoms with van der Waals surface area (Å²) < 4.78 is 4.93. The molecule has 4 nitrogen and oxygen atoms in total. The lowest BCUT2D eigenvalue weighted by Crippen LogP contribution is -2.57. The lowest BCUT2D eigenvalue weighted by Gasteiger charge is -2.47. The summed E-state index contributed by atoms with van der Waals surface area (Å²) in [7, 11) is 0. The molecule has 1 aliphatic heterocycles. The van der Waals surface area contributed by atoms with Crippen LogP contribution in [0.15, 0.2) is 0 Å². The molecule has 1 saturated carbocycles. The molecule has 1 atom stereocenters. The van der Waals surface area contributed by atoms with Gasteiger partial charge in [-0.1, -0.05) is 0 Å². The molecule has 0 aromatic rings. The first-order valence-corrected chi connectivity index (χ1v) is 5.32. The fraction of sp³-hybridized carbons (Fsp3) is 0.900. The summed E-state index contributed by atoms with van der Waals surface area (Å²) in [5.74, 6) is 0. The molecule has 4 heteroatoms. The van der Waals surface area contributed by atoms with Crippen molar-refractivity contribution in [1.82, 2.24) is 4.90 Å². The van der Waals surface area contributed by atoms with E-state index in [1.54, 1.807) is 4.90 Å². The SMILES string of the molecule is CCOC(=O)N1CC2(CCC(N)C2)C1. The summed E-state index contributed by atoms with van der Waals surface area (Å²) >= 11 is 0. The topological polar surface area (TPSA) is 55.6 Å². The molecule has 2 N–H and O–H groups in total. The monoisotopic (exact) mass is 198 g/mol. The number of nitrogens with two attached hydrogens (primary N) is 1. The second kappa shape index (κ2) is 3.42. The van der Waals surface area contributed by atoms with Gasteiger partial charge >= 0.3 is 6.09 Å². The Hall–Kier alpha value is -0.770. The number of hydrogen-bond acceptors (Lipinski definition) is 3.